The molecule has 7 nitrogen and oxygen atoms in total. The number of rotatable bonds is 8. The minimum Gasteiger partial charge on any atom is -0.379 e. The monoisotopic (exact) mass is 515 g/mol. The molecular weight excluding hydrogens is 481 g/mol. The van der Waals surface area contributed by atoms with Crippen LogP contribution in [0.2, 0.25) is 0 Å². The molecule has 2 saturated heterocycles. The normalized spacial score (nSPS) is 20.4. The summed E-state index contributed by atoms with van der Waals surface area (Å²) < 4.78 is 5.38. The molecule has 8 heteroatoms. The molecule has 2 N–H and O–H groups in total. The van der Waals surface area contributed by atoms with E-state index >= 15 is 0 Å². The molecule has 162 valence electrons. The highest BCUT2D eigenvalue weighted by Crippen LogP contribution is 2.20. The standard InChI is InChI=1S/C21H33N5O2.HI/c1-2-22-21(23-10-6-7-11-25-12-14-28-15-13-25)24-18-16-20(27)26(17-18)19-8-4-3-5-9-19;/h3-5,8-9,18H,2,6-7,10-17H2,1H3,(H2,22,23,24);1H. The first kappa shape index (κ1) is 23.9. The van der Waals surface area contributed by atoms with Crippen LogP contribution in [0.4, 0.5) is 5.69 Å². The number of aliphatic imine (C=N–C) groups is 1. The van der Waals surface area contributed by atoms with Crippen LogP contribution in [-0.2, 0) is 9.53 Å². The molecule has 1 unspecified atom stereocenters. The lowest BCUT2D eigenvalue weighted by molar-refractivity contribution is -0.117. The van der Waals surface area contributed by atoms with Crippen molar-refractivity contribution in [2.75, 3.05) is 57.4 Å². The highest BCUT2D eigenvalue weighted by atomic mass is 127. The number of para-hydroxylation sites is 1. The Labute approximate surface area is 191 Å². The molecule has 1 atom stereocenters. The quantitative estimate of drug-likeness (QED) is 0.240. The van der Waals surface area contributed by atoms with Gasteiger partial charge >= 0.3 is 0 Å². The Kier molecular flexibility index (Phi) is 10.7. The molecule has 3 rings (SSSR count). The molecule has 2 fully saturated rings. The number of anilines is 1. The second kappa shape index (κ2) is 13.0. The Hall–Kier alpha value is -1.39. The largest absolute Gasteiger partial charge is 0.379 e. The second-order valence-electron chi connectivity index (χ2n) is 7.31. The number of amides is 1. The zero-order chi connectivity index (χ0) is 19.6. The Morgan fingerprint density at radius 3 is 2.69 bits per heavy atom. The number of hydrogen-bond donors (Lipinski definition) is 2. The van der Waals surface area contributed by atoms with Crippen LogP contribution in [-0.4, -0.2) is 75.3 Å². The molecule has 0 aromatic heterocycles. The summed E-state index contributed by atoms with van der Waals surface area (Å²) in [7, 11) is 0. The van der Waals surface area contributed by atoms with E-state index in [4.69, 9.17) is 9.73 Å². The number of morpholine rings is 1. The van der Waals surface area contributed by atoms with Crippen LogP contribution in [0.3, 0.4) is 0 Å². The second-order valence-corrected chi connectivity index (χ2v) is 7.31. The van der Waals surface area contributed by atoms with Gasteiger partial charge in [-0.3, -0.25) is 14.7 Å². The number of benzene rings is 1. The van der Waals surface area contributed by atoms with E-state index in [1.807, 2.05) is 35.2 Å². The number of ether oxygens (including phenoxy) is 1. The van der Waals surface area contributed by atoms with Crippen LogP contribution in [0.25, 0.3) is 0 Å². The number of carbonyl (C=O) groups excluding carboxylic acids is 1. The van der Waals surface area contributed by atoms with Crippen molar-refractivity contribution in [3.05, 3.63) is 30.3 Å². The summed E-state index contributed by atoms with van der Waals surface area (Å²) in [5.74, 6) is 0.964. The van der Waals surface area contributed by atoms with Crippen molar-refractivity contribution >= 4 is 41.5 Å². The van der Waals surface area contributed by atoms with Crippen molar-refractivity contribution in [1.29, 1.82) is 0 Å². The van der Waals surface area contributed by atoms with Gasteiger partial charge in [0, 0.05) is 44.8 Å². The third kappa shape index (κ3) is 7.75. The van der Waals surface area contributed by atoms with Gasteiger partial charge in [-0.05, 0) is 38.4 Å². The minimum atomic E-state index is 0. The third-order valence-corrected chi connectivity index (χ3v) is 5.13. The number of hydrogen-bond acceptors (Lipinski definition) is 4. The molecule has 0 saturated carbocycles. The zero-order valence-electron chi connectivity index (χ0n) is 17.3. The highest BCUT2D eigenvalue weighted by Gasteiger charge is 2.31. The van der Waals surface area contributed by atoms with Gasteiger partial charge in [-0.2, -0.15) is 0 Å². The van der Waals surface area contributed by atoms with Gasteiger partial charge in [0.15, 0.2) is 5.96 Å². The number of carbonyl (C=O) groups is 1. The van der Waals surface area contributed by atoms with Crippen LogP contribution in [0.1, 0.15) is 26.2 Å². The zero-order valence-corrected chi connectivity index (χ0v) is 19.6. The first-order valence-electron chi connectivity index (χ1n) is 10.5. The minimum absolute atomic E-state index is 0. The van der Waals surface area contributed by atoms with Crippen molar-refractivity contribution in [2.24, 2.45) is 4.99 Å². The Morgan fingerprint density at radius 2 is 1.97 bits per heavy atom. The number of nitrogens with zero attached hydrogens (tertiary/aromatic N) is 3. The summed E-state index contributed by atoms with van der Waals surface area (Å²) in [5.41, 5.74) is 0.960. The van der Waals surface area contributed by atoms with Crippen LogP contribution in [0.5, 0.6) is 0 Å². The van der Waals surface area contributed by atoms with Crippen molar-refractivity contribution in [2.45, 2.75) is 32.2 Å². The molecule has 1 aromatic rings. The molecular formula is C21H34IN5O2. The molecule has 2 heterocycles. The molecule has 2 aliphatic heterocycles. The number of nitrogens with one attached hydrogen (secondary N) is 2. The average molecular weight is 515 g/mol. The SMILES string of the molecule is CCNC(=NCCCCN1CCOCC1)NC1CC(=O)N(c2ccccc2)C1.I. The summed E-state index contributed by atoms with van der Waals surface area (Å²) in [4.78, 5) is 21.4. The molecule has 0 spiro atoms. The molecule has 1 aromatic carbocycles. The number of guanidine groups is 1. The van der Waals surface area contributed by atoms with Gasteiger partial charge in [0.05, 0.1) is 19.3 Å². The predicted molar refractivity (Wildman–Crippen MR) is 128 cm³/mol. The fraction of sp³-hybridized carbons (Fsp3) is 0.619. The summed E-state index contributed by atoms with van der Waals surface area (Å²) in [6.07, 6.45) is 2.70. The van der Waals surface area contributed by atoms with E-state index in [-0.39, 0.29) is 35.9 Å². The summed E-state index contributed by atoms with van der Waals surface area (Å²) in [5, 5.41) is 6.74. The van der Waals surface area contributed by atoms with Crippen molar-refractivity contribution in [1.82, 2.24) is 15.5 Å². The van der Waals surface area contributed by atoms with Gasteiger partial charge in [0.25, 0.3) is 0 Å². The van der Waals surface area contributed by atoms with E-state index in [0.717, 1.165) is 70.4 Å². The lowest BCUT2D eigenvalue weighted by Gasteiger charge is -2.26. The lowest BCUT2D eigenvalue weighted by atomic mass is 10.2. The summed E-state index contributed by atoms with van der Waals surface area (Å²) in [6, 6.07) is 9.94. The highest BCUT2D eigenvalue weighted by molar-refractivity contribution is 14.0. The van der Waals surface area contributed by atoms with Crippen LogP contribution in [0.15, 0.2) is 35.3 Å². The van der Waals surface area contributed by atoms with E-state index < -0.39 is 0 Å². The smallest absolute Gasteiger partial charge is 0.229 e. The van der Waals surface area contributed by atoms with E-state index in [0.29, 0.717) is 13.0 Å². The molecule has 1 amide bonds. The van der Waals surface area contributed by atoms with Gasteiger partial charge in [0.2, 0.25) is 5.91 Å². The van der Waals surface area contributed by atoms with Crippen molar-refractivity contribution in [3.8, 4) is 0 Å². The summed E-state index contributed by atoms with van der Waals surface area (Å²) in [6.45, 7) is 9.25. The lowest BCUT2D eigenvalue weighted by Crippen LogP contribution is -2.44. The van der Waals surface area contributed by atoms with Gasteiger partial charge in [-0.15, -0.1) is 24.0 Å². The van der Waals surface area contributed by atoms with Gasteiger partial charge in [0.1, 0.15) is 0 Å². The van der Waals surface area contributed by atoms with Crippen molar-refractivity contribution in [3.63, 3.8) is 0 Å². The number of halogens is 1. The Balaban J connectivity index is 0.00000300. The van der Waals surface area contributed by atoms with Crippen LogP contribution in [0, 0.1) is 0 Å². The maximum Gasteiger partial charge on any atom is 0.229 e. The molecule has 29 heavy (non-hydrogen) atoms. The van der Waals surface area contributed by atoms with Crippen LogP contribution >= 0.6 is 24.0 Å². The van der Waals surface area contributed by atoms with Crippen molar-refractivity contribution < 1.29 is 9.53 Å². The topological polar surface area (TPSA) is 69.2 Å². The Morgan fingerprint density at radius 1 is 1.21 bits per heavy atom. The number of unbranched alkanes of at least 4 members (excludes halogenated alkanes) is 1. The van der Waals surface area contributed by atoms with E-state index in [1.165, 1.54) is 0 Å². The predicted octanol–water partition coefficient (Wildman–Crippen LogP) is 2.08. The van der Waals surface area contributed by atoms with Gasteiger partial charge < -0.3 is 20.3 Å². The molecule has 0 bridgehead atoms. The average Bonchev–Trinajstić information content (AvgIpc) is 3.09. The maximum atomic E-state index is 12.4. The Bertz CT molecular complexity index is 637. The van der Waals surface area contributed by atoms with Crippen LogP contribution < -0.4 is 15.5 Å². The van der Waals surface area contributed by atoms with E-state index in [2.05, 4.69) is 22.5 Å². The fourth-order valence-electron chi connectivity index (χ4n) is 3.64. The fourth-order valence-corrected chi connectivity index (χ4v) is 3.64. The van der Waals surface area contributed by atoms with Gasteiger partial charge in [-0.25, -0.2) is 0 Å². The molecule has 0 aliphatic carbocycles. The first-order valence-corrected chi connectivity index (χ1v) is 10.5. The third-order valence-electron chi connectivity index (χ3n) is 5.13. The molecule has 0 radical (unpaired) electrons. The first-order chi connectivity index (χ1) is 13.8. The summed E-state index contributed by atoms with van der Waals surface area (Å²) >= 11 is 0. The molecule has 2 aliphatic rings. The van der Waals surface area contributed by atoms with E-state index in [1.54, 1.807) is 0 Å². The maximum absolute atomic E-state index is 12.4. The van der Waals surface area contributed by atoms with E-state index in [9.17, 15) is 4.79 Å². The van der Waals surface area contributed by atoms with Gasteiger partial charge in [-0.1, -0.05) is 18.2 Å².